The van der Waals surface area contributed by atoms with Gasteiger partial charge in [0.05, 0.1) is 16.7 Å². The first-order valence-corrected chi connectivity index (χ1v) is 8.96. The van der Waals surface area contributed by atoms with E-state index in [-0.39, 0.29) is 21.5 Å². The van der Waals surface area contributed by atoms with E-state index in [4.69, 9.17) is 16.9 Å². The molecule has 0 saturated carbocycles. The molecule has 0 amide bonds. The van der Waals surface area contributed by atoms with Gasteiger partial charge in [-0.25, -0.2) is 13.1 Å². The Kier molecular flexibility index (Phi) is 5.01. The van der Waals surface area contributed by atoms with Crippen LogP contribution < -0.4 is 4.72 Å². The predicted octanol–water partition coefficient (Wildman–Crippen LogP) is 3.18. The van der Waals surface area contributed by atoms with Gasteiger partial charge in [0, 0.05) is 6.04 Å². The van der Waals surface area contributed by atoms with Gasteiger partial charge < -0.3 is 0 Å². The van der Waals surface area contributed by atoms with Crippen LogP contribution in [0.5, 0.6) is 0 Å². The van der Waals surface area contributed by atoms with Gasteiger partial charge in [-0.15, -0.1) is 0 Å². The quantitative estimate of drug-likeness (QED) is 0.908. The van der Waals surface area contributed by atoms with E-state index in [1.54, 1.807) is 18.3 Å². The summed E-state index contributed by atoms with van der Waals surface area (Å²) in [5, 5.41) is 12.9. The molecular formula is C14H13ClN2O2S2. The number of hydrogen-bond acceptors (Lipinski definition) is 4. The Morgan fingerprint density at radius 2 is 2.19 bits per heavy atom. The van der Waals surface area contributed by atoms with Crippen LogP contribution in [0, 0.1) is 11.3 Å². The molecule has 0 aliphatic heterocycles. The zero-order valence-corrected chi connectivity index (χ0v) is 13.6. The topological polar surface area (TPSA) is 70.0 Å². The maximum atomic E-state index is 12.4. The lowest BCUT2D eigenvalue weighted by Gasteiger charge is -2.14. The Morgan fingerprint density at radius 1 is 1.43 bits per heavy atom. The molecule has 4 nitrogen and oxygen atoms in total. The normalized spacial score (nSPS) is 12.8. The molecule has 1 N–H and O–H groups in total. The second kappa shape index (κ2) is 6.58. The van der Waals surface area contributed by atoms with Gasteiger partial charge in [0.2, 0.25) is 10.0 Å². The summed E-state index contributed by atoms with van der Waals surface area (Å²) in [5.41, 5.74) is 1.33. The van der Waals surface area contributed by atoms with E-state index < -0.39 is 10.0 Å². The predicted molar refractivity (Wildman–Crippen MR) is 84.0 cm³/mol. The van der Waals surface area contributed by atoms with Gasteiger partial charge in [-0.05, 0) is 53.9 Å². The van der Waals surface area contributed by atoms with Crippen molar-refractivity contribution in [3.05, 3.63) is 51.2 Å². The monoisotopic (exact) mass is 340 g/mol. The molecule has 2 rings (SSSR count). The van der Waals surface area contributed by atoms with Crippen LogP contribution in [-0.2, 0) is 16.4 Å². The van der Waals surface area contributed by atoms with Crippen LogP contribution in [0.15, 0.2) is 39.9 Å². The third kappa shape index (κ3) is 4.05. The smallest absolute Gasteiger partial charge is 0.208 e. The Balaban J connectivity index is 2.20. The van der Waals surface area contributed by atoms with E-state index >= 15 is 0 Å². The number of sulfonamides is 1. The first-order chi connectivity index (χ1) is 9.92. The average Bonchev–Trinajstić information content (AvgIpc) is 2.91. The molecule has 0 aliphatic carbocycles. The van der Waals surface area contributed by atoms with E-state index in [2.05, 4.69) is 4.72 Å². The Bertz CT molecular complexity index is 765. The van der Waals surface area contributed by atoms with Crippen LogP contribution in [-0.4, -0.2) is 14.5 Å². The van der Waals surface area contributed by atoms with E-state index in [0.29, 0.717) is 6.42 Å². The minimum Gasteiger partial charge on any atom is -0.208 e. The van der Waals surface area contributed by atoms with Crippen LogP contribution in [0.3, 0.4) is 0 Å². The minimum atomic E-state index is -3.76. The number of rotatable bonds is 5. The fraction of sp³-hybridized carbons (Fsp3) is 0.214. The summed E-state index contributed by atoms with van der Waals surface area (Å²) in [4.78, 5) is -0.0691. The van der Waals surface area contributed by atoms with E-state index in [0.717, 1.165) is 5.56 Å². The SMILES string of the molecule is CC(Cc1ccsc1)NS(=O)(=O)c1cc(C#N)ccc1Cl. The molecule has 1 aromatic carbocycles. The molecule has 1 heterocycles. The summed E-state index contributed by atoms with van der Waals surface area (Å²) < 4.78 is 27.3. The van der Waals surface area contributed by atoms with E-state index in [1.165, 1.54) is 18.2 Å². The van der Waals surface area contributed by atoms with Gasteiger partial charge in [0.1, 0.15) is 4.90 Å². The molecule has 1 aromatic heterocycles. The molecule has 0 bridgehead atoms. The van der Waals surface area contributed by atoms with E-state index in [9.17, 15) is 8.42 Å². The molecule has 0 radical (unpaired) electrons. The lowest BCUT2D eigenvalue weighted by atomic mass is 10.1. The van der Waals surface area contributed by atoms with Crippen molar-refractivity contribution in [3.8, 4) is 6.07 Å². The number of nitriles is 1. The maximum absolute atomic E-state index is 12.4. The zero-order chi connectivity index (χ0) is 15.5. The number of benzene rings is 1. The standard InChI is InChI=1S/C14H13ClN2O2S2/c1-10(6-12-4-5-20-9-12)17-21(18,19)14-7-11(8-16)2-3-13(14)15/h2-5,7,9-10,17H,6H2,1H3. The molecule has 1 atom stereocenters. The van der Waals surface area contributed by atoms with Crippen LogP contribution >= 0.6 is 22.9 Å². The summed E-state index contributed by atoms with van der Waals surface area (Å²) >= 11 is 7.51. The Morgan fingerprint density at radius 3 is 2.81 bits per heavy atom. The maximum Gasteiger partial charge on any atom is 0.242 e. The van der Waals surface area contributed by atoms with Crippen LogP contribution in [0.4, 0.5) is 0 Å². The zero-order valence-electron chi connectivity index (χ0n) is 11.2. The fourth-order valence-corrected chi connectivity index (χ4v) is 4.36. The molecule has 0 saturated heterocycles. The molecule has 7 heteroatoms. The highest BCUT2D eigenvalue weighted by Gasteiger charge is 2.21. The highest BCUT2D eigenvalue weighted by Crippen LogP contribution is 2.23. The minimum absolute atomic E-state index is 0.0691. The summed E-state index contributed by atoms with van der Waals surface area (Å²) in [5.74, 6) is 0. The summed E-state index contributed by atoms with van der Waals surface area (Å²) in [6, 6.07) is 7.77. The van der Waals surface area contributed by atoms with Crippen LogP contribution in [0.1, 0.15) is 18.1 Å². The number of nitrogens with one attached hydrogen (secondary N) is 1. The number of halogens is 1. The lowest BCUT2D eigenvalue weighted by molar-refractivity contribution is 0.560. The lowest BCUT2D eigenvalue weighted by Crippen LogP contribution is -2.34. The highest BCUT2D eigenvalue weighted by molar-refractivity contribution is 7.89. The van der Waals surface area contributed by atoms with Gasteiger partial charge >= 0.3 is 0 Å². The molecule has 0 spiro atoms. The van der Waals surface area contributed by atoms with Gasteiger partial charge in [-0.1, -0.05) is 11.6 Å². The molecule has 2 aromatic rings. The number of nitrogens with zero attached hydrogens (tertiary/aromatic N) is 1. The molecule has 0 fully saturated rings. The molecule has 1 unspecified atom stereocenters. The second-order valence-corrected chi connectivity index (χ2v) is 7.48. The van der Waals surface area contributed by atoms with Crippen molar-refractivity contribution in [2.75, 3.05) is 0 Å². The highest BCUT2D eigenvalue weighted by atomic mass is 35.5. The van der Waals surface area contributed by atoms with Crippen molar-refractivity contribution in [1.29, 1.82) is 5.26 Å². The van der Waals surface area contributed by atoms with Gasteiger partial charge in [-0.3, -0.25) is 0 Å². The first kappa shape index (κ1) is 16.0. The Hall–Kier alpha value is -1.39. The van der Waals surface area contributed by atoms with Gasteiger partial charge in [-0.2, -0.15) is 16.6 Å². The molecule has 110 valence electrons. The Labute approximate surface area is 133 Å². The van der Waals surface area contributed by atoms with Crippen molar-refractivity contribution in [2.24, 2.45) is 0 Å². The number of hydrogen-bond donors (Lipinski definition) is 1. The summed E-state index contributed by atoms with van der Waals surface area (Å²) in [6.07, 6.45) is 0.596. The van der Waals surface area contributed by atoms with Crippen molar-refractivity contribution in [2.45, 2.75) is 24.3 Å². The molecular weight excluding hydrogens is 328 g/mol. The molecule has 0 aliphatic rings. The second-order valence-electron chi connectivity index (χ2n) is 4.62. The van der Waals surface area contributed by atoms with Crippen molar-refractivity contribution in [1.82, 2.24) is 4.72 Å². The van der Waals surface area contributed by atoms with Crippen molar-refractivity contribution >= 4 is 33.0 Å². The van der Waals surface area contributed by atoms with Crippen molar-refractivity contribution < 1.29 is 8.42 Å². The summed E-state index contributed by atoms with van der Waals surface area (Å²) in [6.45, 7) is 1.79. The first-order valence-electron chi connectivity index (χ1n) is 6.15. The summed E-state index contributed by atoms with van der Waals surface area (Å²) in [7, 11) is -3.76. The van der Waals surface area contributed by atoms with Crippen molar-refractivity contribution in [3.63, 3.8) is 0 Å². The van der Waals surface area contributed by atoms with Crippen LogP contribution in [0.2, 0.25) is 5.02 Å². The van der Waals surface area contributed by atoms with Gasteiger partial charge in [0.25, 0.3) is 0 Å². The third-order valence-electron chi connectivity index (χ3n) is 2.83. The third-order valence-corrected chi connectivity index (χ3v) is 5.63. The van der Waals surface area contributed by atoms with Crippen LogP contribution in [0.25, 0.3) is 0 Å². The fourth-order valence-electron chi connectivity index (χ4n) is 1.91. The van der Waals surface area contributed by atoms with E-state index in [1.807, 2.05) is 22.9 Å². The average molecular weight is 341 g/mol. The van der Waals surface area contributed by atoms with Gasteiger partial charge in [0.15, 0.2) is 0 Å². The molecule has 21 heavy (non-hydrogen) atoms. The largest absolute Gasteiger partial charge is 0.242 e. The number of thiophene rings is 1.